The van der Waals surface area contributed by atoms with Crippen LogP contribution in [0.2, 0.25) is 0 Å². The number of aromatic nitrogens is 2. The van der Waals surface area contributed by atoms with Crippen LogP contribution in [0, 0.1) is 0 Å². The van der Waals surface area contributed by atoms with Crippen LogP contribution in [-0.2, 0) is 4.79 Å². The van der Waals surface area contributed by atoms with Crippen molar-refractivity contribution in [1.82, 2.24) is 14.9 Å². The maximum Gasteiger partial charge on any atom is 0.490 e. The number of fused-ring (bicyclic) bond motifs is 1. The zero-order chi connectivity index (χ0) is 28.9. The molecule has 0 saturated carbocycles. The number of para-hydroxylation sites is 1. The second-order valence-corrected chi connectivity index (χ2v) is 8.80. The number of likely N-dealkylation sites (tertiary alicyclic amines) is 1. The van der Waals surface area contributed by atoms with Gasteiger partial charge in [-0.25, -0.2) is 18.6 Å². The van der Waals surface area contributed by atoms with Crippen molar-refractivity contribution in [2.75, 3.05) is 13.1 Å². The van der Waals surface area contributed by atoms with Crippen molar-refractivity contribution in [3.63, 3.8) is 0 Å². The van der Waals surface area contributed by atoms with Crippen LogP contribution in [0.25, 0.3) is 22.0 Å². The van der Waals surface area contributed by atoms with Gasteiger partial charge in [0.25, 0.3) is 11.8 Å². The van der Waals surface area contributed by atoms with Gasteiger partial charge in [0.2, 0.25) is 5.88 Å². The van der Waals surface area contributed by atoms with Crippen molar-refractivity contribution in [2.45, 2.75) is 24.6 Å². The Morgan fingerprint density at radius 2 is 1.65 bits per heavy atom. The zero-order valence-corrected chi connectivity index (χ0v) is 20.7. The lowest BCUT2D eigenvalue weighted by atomic mass is 9.98. The molecule has 12 heteroatoms. The Kier molecular flexibility index (Phi) is 8.26. The molecule has 208 valence electrons. The highest BCUT2D eigenvalue weighted by molar-refractivity contribution is 6.00. The number of piperidine rings is 1. The summed E-state index contributed by atoms with van der Waals surface area (Å²) in [5, 5.41) is 8.02. The van der Waals surface area contributed by atoms with Crippen LogP contribution in [0.5, 0.6) is 5.88 Å². The lowest BCUT2D eigenvalue weighted by Gasteiger charge is -2.38. The number of nitrogens with zero attached hydrogens (tertiary/aromatic N) is 3. The number of carboxylic acids is 1. The third-order valence-corrected chi connectivity index (χ3v) is 6.07. The largest absolute Gasteiger partial charge is 0.490 e. The highest BCUT2D eigenvalue weighted by atomic mass is 19.4. The van der Waals surface area contributed by atoms with Gasteiger partial charge in [0.15, 0.2) is 6.10 Å². The normalized spacial score (nSPS) is 16.5. The first kappa shape index (κ1) is 28.4. The lowest BCUT2D eigenvalue weighted by Crippen LogP contribution is -2.55. The summed E-state index contributed by atoms with van der Waals surface area (Å²) in [6, 6.07) is 22.0. The number of aliphatic carboxylic acids is 1. The number of benzene rings is 2. The number of halogens is 5. The summed E-state index contributed by atoms with van der Waals surface area (Å²) in [7, 11) is 0. The number of alkyl halides is 5. The van der Waals surface area contributed by atoms with Crippen molar-refractivity contribution in [3.05, 3.63) is 90.8 Å². The van der Waals surface area contributed by atoms with Gasteiger partial charge in [0, 0.05) is 36.8 Å². The Bertz CT molecular complexity index is 1500. The van der Waals surface area contributed by atoms with Gasteiger partial charge in [-0.2, -0.15) is 13.2 Å². The number of carbonyl (C=O) groups excluding carboxylic acids is 1. The van der Waals surface area contributed by atoms with Crippen LogP contribution in [0.15, 0.2) is 85.2 Å². The van der Waals surface area contributed by atoms with Crippen molar-refractivity contribution in [2.24, 2.45) is 0 Å². The van der Waals surface area contributed by atoms with E-state index >= 15 is 0 Å². The molecular formula is C28H22F5N3O4. The van der Waals surface area contributed by atoms with Gasteiger partial charge in [-0.1, -0.05) is 48.5 Å². The average Bonchev–Trinajstić information content (AvgIpc) is 2.94. The molecule has 1 amide bonds. The summed E-state index contributed by atoms with van der Waals surface area (Å²) in [5.74, 6) is -6.08. The van der Waals surface area contributed by atoms with E-state index in [-0.39, 0.29) is 24.9 Å². The fourth-order valence-corrected chi connectivity index (χ4v) is 4.04. The van der Waals surface area contributed by atoms with E-state index in [1.165, 1.54) is 11.1 Å². The van der Waals surface area contributed by atoms with E-state index in [1.807, 2.05) is 48.5 Å². The second kappa shape index (κ2) is 11.6. The Balaban J connectivity index is 0.000000470. The molecule has 0 aliphatic carbocycles. The summed E-state index contributed by atoms with van der Waals surface area (Å²) < 4.78 is 66.9. The summed E-state index contributed by atoms with van der Waals surface area (Å²) in [4.78, 5) is 32.1. The average molecular weight is 559 g/mol. The predicted molar refractivity (Wildman–Crippen MR) is 135 cm³/mol. The maximum absolute atomic E-state index is 14.7. The minimum Gasteiger partial charge on any atom is -0.475 e. The summed E-state index contributed by atoms with van der Waals surface area (Å²) in [6.07, 6.45) is -3.97. The number of rotatable bonds is 4. The van der Waals surface area contributed by atoms with Gasteiger partial charge in [-0.3, -0.25) is 9.78 Å². The van der Waals surface area contributed by atoms with Gasteiger partial charge in [0.1, 0.15) is 0 Å². The van der Waals surface area contributed by atoms with Crippen LogP contribution in [0.4, 0.5) is 22.0 Å². The number of hydrogen-bond donors (Lipinski definition) is 1. The van der Waals surface area contributed by atoms with E-state index in [9.17, 15) is 26.7 Å². The Hall–Kier alpha value is -4.61. The molecule has 1 aliphatic rings. The predicted octanol–water partition coefficient (Wildman–Crippen LogP) is 5.86. The number of carboxylic acid groups (broad SMARTS) is 1. The highest BCUT2D eigenvalue weighted by Crippen LogP contribution is 2.33. The third-order valence-electron chi connectivity index (χ3n) is 6.07. The van der Waals surface area contributed by atoms with E-state index in [0.29, 0.717) is 16.6 Å². The van der Waals surface area contributed by atoms with Crippen molar-refractivity contribution < 1.29 is 41.4 Å². The maximum atomic E-state index is 14.7. The SMILES string of the molecule is O=C(O)C(F)(F)F.O=C(c1cnccc1-c1ccccc1)N1CCC(F)(F)[C@@H](Oc2ccc3ccccc3n2)C1. The molecule has 1 aliphatic heterocycles. The standard InChI is InChI=1S/C26H21F2N3O2.C2HF3O2/c27-26(28)13-15-31(17-23(26)33-24-11-10-19-8-4-5-9-22(19)30-24)25(32)21-16-29-14-12-20(21)18-6-2-1-3-7-18;3-2(4,5)1(6)7/h1-12,14,16,23H,13,15,17H2;(H,6,7)/t23-;/m0./s1. The molecule has 1 N–H and O–H groups in total. The summed E-state index contributed by atoms with van der Waals surface area (Å²) in [6.45, 7) is -0.316. The molecule has 3 heterocycles. The van der Waals surface area contributed by atoms with Crippen LogP contribution in [0.3, 0.4) is 0 Å². The second-order valence-electron chi connectivity index (χ2n) is 8.80. The van der Waals surface area contributed by atoms with Crippen molar-refractivity contribution in [3.8, 4) is 17.0 Å². The van der Waals surface area contributed by atoms with Crippen LogP contribution in [0.1, 0.15) is 16.8 Å². The first-order chi connectivity index (χ1) is 19.0. The van der Waals surface area contributed by atoms with E-state index in [1.54, 1.807) is 30.5 Å². The molecule has 0 unspecified atom stereocenters. The summed E-state index contributed by atoms with van der Waals surface area (Å²) in [5.41, 5.74) is 2.60. The minimum absolute atomic E-state index is 0.0695. The summed E-state index contributed by atoms with van der Waals surface area (Å²) >= 11 is 0. The van der Waals surface area contributed by atoms with E-state index in [0.717, 1.165) is 10.9 Å². The molecule has 0 spiro atoms. The molecule has 5 rings (SSSR count). The molecule has 7 nitrogen and oxygen atoms in total. The van der Waals surface area contributed by atoms with Gasteiger partial charge in [0.05, 0.1) is 17.6 Å². The number of ether oxygens (including phenoxy) is 1. The van der Waals surface area contributed by atoms with Gasteiger partial charge in [-0.05, 0) is 29.3 Å². The Labute approximate surface area is 224 Å². The molecule has 2 aromatic carbocycles. The zero-order valence-electron chi connectivity index (χ0n) is 20.7. The molecule has 2 aromatic heterocycles. The number of amides is 1. The lowest BCUT2D eigenvalue weighted by molar-refractivity contribution is -0.192. The fraction of sp³-hybridized carbons (Fsp3) is 0.214. The molecule has 4 aromatic rings. The van der Waals surface area contributed by atoms with E-state index in [2.05, 4.69) is 9.97 Å². The number of pyridine rings is 2. The van der Waals surface area contributed by atoms with Crippen molar-refractivity contribution in [1.29, 1.82) is 0 Å². The van der Waals surface area contributed by atoms with E-state index in [4.69, 9.17) is 14.6 Å². The molecule has 1 fully saturated rings. The van der Waals surface area contributed by atoms with Gasteiger partial charge in [-0.15, -0.1) is 0 Å². The van der Waals surface area contributed by atoms with Crippen LogP contribution >= 0.6 is 0 Å². The smallest absolute Gasteiger partial charge is 0.475 e. The molecule has 0 bridgehead atoms. The van der Waals surface area contributed by atoms with Gasteiger partial charge < -0.3 is 14.7 Å². The molecule has 40 heavy (non-hydrogen) atoms. The van der Waals surface area contributed by atoms with E-state index < -0.39 is 30.6 Å². The third kappa shape index (κ3) is 6.68. The van der Waals surface area contributed by atoms with Crippen LogP contribution < -0.4 is 4.74 Å². The monoisotopic (exact) mass is 559 g/mol. The molecular weight excluding hydrogens is 537 g/mol. The highest BCUT2D eigenvalue weighted by Gasteiger charge is 2.47. The Morgan fingerprint density at radius 3 is 2.35 bits per heavy atom. The molecule has 1 atom stereocenters. The van der Waals surface area contributed by atoms with Gasteiger partial charge >= 0.3 is 12.1 Å². The minimum atomic E-state index is -5.08. The Morgan fingerprint density at radius 1 is 0.975 bits per heavy atom. The number of carbonyl (C=O) groups is 2. The first-order valence-corrected chi connectivity index (χ1v) is 11.9. The van der Waals surface area contributed by atoms with Crippen molar-refractivity contribution >= 4 is 22.8 Å². The molecule has 1 saturated heterocycles. The quantitative estimate of drug-likeness (QED) is 0.315. The fourth-order valence-electron chi connectivity index (χ4n) is 4.04. The first-order valence-electron chi connectivity index (χ1n) is 11.9. The molecule has 0 radical (unpaired) electrons. The number of hydrogen-bond acceptors (Lipinski definition) is 5. The topological polar surface area (TPSA) is 92.6 Å². The van der Waals surface area contributed by atoms with Crippen LogP contribution in [-0.4, -0.2) is 63.1 Å².